The normalized spacial score (nSPS) is 12.5. The summed E-state index contributed by atoms with van der Waals surface area (Å²) in [5.74, 6) is 0. The van der Waals surface area contributed by atoms with Crippen molar-refractivity contribution < 1.29 is 4.74 Å². The molecule has 26 heavy (non-hydrogen) atoms. The summed E-state index contributed by atoms with van der Waals surface area (Å²) in [6, 6.07) is 18.6. The predicted octanol–water partition coefficient (Wildman–Crippen LogP) is 5.07. The summed E-state index contributed by atoms with van der Waals surface area (Å²) in [6.07, 6.45) is 3.46. The molecule has 5 heteroatoms. The first kappa shape index (κ1) is 16.9. The summed E-state index contributed by atoms with van der Waals surface area (Å²) in [6.45, 7) is 2.72. The van der Waals surface area contributed by atoms with E-state index in [4.69, 9.17) is 9.72 Å². The molecule has 0 amide bonds. The fraction of sp³-hybridized carbons (Fsp3) is 0.238. The lowest BCUT2D eigenvalue weighted by Gasteiger charge is -2.16. The van der Waals surface area contributed by atoms with Gasteiger partial charge < -0.3 is 9.72 Å². The van der Waals surface area contributed by atoms with Gasteiger partial charge in [-0.05, 0) is 37.5 Å². The van der Waals surface area contributed by atoms with E-state index in [0.717, 1.165) is 40.3 Å². The molecular weight excluding hydrogens is 342 g/mol. The van der Waals surface area contributed by atoms with Crippen molar-refractivity contribution in [3.05, 3.63) is 82.9 Å². The fourth-order valence-corrected chi connectivity index (χ4v) is 4.07. The first-order chi connectivity index (χ1) is 12.8. The number of nitrogens with one attached hydrogen (secondary N) is 1. The minimum atomic E-state index is -0.131. The molecular formula is C21H21N3OS. The Morgan fingerprint density at radius 3 is 2.65 bits per heavy atom. The lowest BCUT2D eigenvalue weighted by atomic mass is 10.1. The summed E-state index contributed by atoms with van der Waals surface area (Å²) in [5.41, 5.74) is 4.42. The van der Waals surface area contributed by atoms with E-state index in [9.17, 15) is 0 Å². The van der Waals surface area contributed by atoms with Gasteiger partial charge in [-0.25, -0.2) is 9.97 Å². The predicted molar refractivity (Wildman–Crippen MR) is 106 cm³/mol. The van der Waals surface area contributed by atoms with E-state index >= 15 is 0 Å². The van der Waals surface area contributed by atoms with Crippen LogP contribution < -0.4 is 0 Å². The molecule has 2 heterocycles. The van der Waals surface area contributed by atoms with Gasteiger partial charge in [0.15, 0.2) is 0 Å². The molecule has 0 aliphatic carbocycles. The summed E-state index contributed by atoms with van der Waals surface area (Å²) < 4.78 is 7.49. The molecule has 0 radical (unpaired) electrons. The third-order valence-corrected chi connectivity index (χ3v) is 5.49. The highest BCUT2D eigenvalue weighted by atomic mass is 32.1. The standard InChI is InChI=1S/C21H21N3OS/c1-15-17(23-14-22-15)11-7-13-25-20(16-8-3-2-4-9-16)21-24-18-10-5-6-12-19(18)26-21/h2-6,8-10,12,14,20H,7,11,13H2,1H3,(H,22,23). The number of aromatic amines is 1. The van der Waals surface area contributed by atoms with Crippen LogP contribution >= 0.6 is 11.3 Å². The van der Waals surface area contributed by atoms with Crippen molar-refractivity contribution in [2.45, 2.75) is 25.9 Å². The van der Waals surface area contributed by atoms with Gasteiger partial charge in [-0.2, -0.15) is 0 Å². The highest BCUT2D eigenvalue weighted by Gasteiger charge is 2.19. The van der Waals surface area contributed by atoms with Crippen molar-refractivity contribution in [3.63, 3.8) is 0 Å². The minimum Gasteiger partial charge on any atom is -0.366 e. The summed E-state index contributed by atoms with van der Waals surface area (Å²) in [4.78, 5) is 12.3. The van der Waals surface area contributed by atoms with Gasteiger partial charge in [0.1, 0.15) is 11.1 Å². The SMILES string of the molecule is Cc1[nH]cnc1CCCOC(c1ccccc1)c1nc2ccccc2s1. The first-order valence-electron chi connectivity index (χ1n) is 8.82. The van der Waals surface area contributed by atoms with Crippen molar-refractivity contribution in [3.8, 4) is 0 Å². The van der Waals surface area contributed by atoms with Crippen molar-refractivity contribution >= 4 is 21.6 Å². The van der Waals surface area contributed by atoms with E-state index in [2.05, 4.69) is 47.2 Å². The Morgan fingerprint density at radius 2 is 1.88 bits per heavy atom. The average molecular weight is 363 g/mol. The number of hydrogen-bond acceptors (Lipinski definition) is 4. The minimum absolute atomic E-state index is 0.131. The Hall–Kier alpha value is -2.50. The van der Waals surface area contributed by atoms with Crippen LogP contribution in [-0.2, 0) is 11.2 Å². The number of ether oxygens (including phenoxy) is 1. The molecule has 2 aromatic heterocycles. The molecule has 0 aliphatic rings. The third kappa shape index (κ3) is 3.69. The number of rotatable bonds is 7. The zero-order valence-corrected chi connectivity index (χ0v) is 15.5. The average Bonchev–Trinajstić information content (AvgIpc) is 3.28. The molecule has 2 aromatic carbocycles. The molecule has 0 fully saturated rings. The van der Waals surface area contributed by atoms with Crippen LogP contribution in [0.5, 0.6) is 0 Å². The molecule has 1 atom stereocenters. The second kappa shape index (κ2) is 7.81. The third-order valence-electron chi connectivity index (χ3n) is 4.41. The Balaban J connectivity index is 1.51. The zero-order valence-electron chi connectivity index (χ0n) is 14.7. The van der Waals surface area contributed by atoms with E-state index < -0.39 is 0 Å². The Morgan fingerprint density at radius 1 is 1.08 bits per heavy atom. The quantitative estimate of drug-likeness (QED) is 0.467. The molecule has 132 valence electrons. The van der Waals surface area contributed by atoms with Crippen LogP contribution in [0.4, 0.5) is 0 Å². The van der Waals surface area contributed by atoms with E-state index in [-0.39, 0.29) is 6.10 Å². The number of aromatic nitrogens is 3. The number of thiazole rings is 1. The molecule has 0 saturated heterocycles. The van der Waals surface area contributed by atoms with Crippen LogP contribution in [0.3, 0.4) is 0 Å². The van der Waals surface area contributed by atoms with Crippen LogP contribution in [-0.4, -0.2) is 21.6 Å². The largest absolute Gasteiger partial charge is 0.366 e. The number of benzene rings is 2. The highest BCUT2D eigenvalue weighted by Crippen LogP contribution is 2.32. The number of hydrogen-bond donors (Lipinski definition) is 1. The van der Waals surface area contributed by atoms with E-state index in [1.807, 2.05) is 24.3 Å². The number of nitrogens with zero attached hydrogens (tertiary/aromatic N) is 2. The lowest BCUT2D eigenvalue weighted by Crippen LogP contribution is -2.08. The van der Waals surface area contributed by atoms with Crippen LogP contribution in [0.15, 0.2) is 60.9 Å². The van der Waals surface area contributed by atoms with Gasteiger partial charge in [0, 0.05) is 12.3 Å². The molecule has 0 bridgehead atoms. The van der Waals surface area contributed by atoms with Gasteiger partial charge in [-0.15, -0.1) is 11.3 Å². The Kier molecular flexibility index (Phi) is 5.09. The van der Waals surface area contributed by atoms with Gasteiger partial charge in [0.2, 0.25) is 0 Å². The summed E-state index contributed by atoms with van der Waals surface area (Å²) >= 11 is 1.71. The highest BCUT2D eigenvalue weighted by molar-refractivity contribution is 7.18. The number of H-pyrrole nitrogens is 1. The van der Waals surface area contributed by atoms with Gasteiger partial charge >= 0.3 is 0 Å². The number of imidazole rings is 1. The zero-order chi connectivity index (χ0) is 17.8. The summed E-state index contributed by atoms with van der Waals surface area (Å²) in [5, 5.41) is 1.01. The molecule has 4 aromatic rings. The number of aryl methyl sites for hydroxylation is 2. The molecule has 4 rings (SSSR count). The lowest BCUT2D eigenvalue weighted by molar-refractivity contribution is 0.0782. The van der Waals surface area contributed by atoms with Crippen molar-refractivity contribution in [2.24, 2.45) is 0 Å². The van der Waals surface area contributed by atoms with Gasteiger partial charge in [-0.3, -0.25) is 0 Å². The van der Waals surface area contributed by atoms with Gasteiger partial charge in [0.05, 0.1) is 22.2 Å². The second-order valence-corrected chi connectivity index (χ2v) is 7.32. The van der Waals surface area contributed by atoms with Crippen LogP contribution in [0.2, 0.25) is 0 Å². The molecule has 4 nitrogen and oxygen atoms in total. The maximum absolute atomic E-state index is 6.29. The van der Waals surface area contributed by atoms with Gasteiger partial charge in [0.25, 0.3) is 0 Å². The van der Waals surface area contributed by atoms with Crippen LogP contribution in [0, 0.1) is 6.92 Å². The Bertz CT molecular complexity index is 944. The smallest absolute Gasteiger partial charge is 0.134 e. The van der Waals surface area contributed by atoms with Gasteiger partial charge in [-0.1, -0.05) is 42.5 Å². The fourth-order valence-electron chi connectivity index (χ4n) is 3.02. The molecule has 1 N–H and O–H groups in total. The summed E-state index contributed by atoms with van der Waals surface area (Å²) in [7, 11) is 0. The first-order valence-corrected chi connectivity index (χ1v) is 9.64. The van der Waals surface area contributed by atoms with Crippen LogP contribution in [0.1, 0.15) is 34.5 Å². The van der Waals surface area contributed by atoms with E-state index in [0.29, 0.717) is 6.61 Å². The monoisotopic (exact) mass is 363 g/mol. The van der Waals surface area contributed by atoms with E-state index in [1.165, 1.54) is 4.70 Å². The van der Waals surface area contributed by atoms with Crippen molar-refractivity contribution in [2.75, 3.05) is 6.61 Å². The second-order valence-electron chi connectivity index (χ2n) is 6.26. The van der Waals surface area contributed by atoms with Crippen molar-refractivity contribution in [1.29, 1.82) is 0 Å². The van der Waals surface area contributed by atoms with Crippen LogP contribution in [0.25, 0.3) is 10.2 Å². The molecule has 0 spiro atoms. The number of fused-ring (bicyclic) bond motifs is 1. The molecule has 0 saturated carbocycles. The topological polar surface area (TPSA) is 50.8 Å². The molecule has 0 aliphatic heterocycles. The Labute approximate surface area is 156 Å². The van der Waals surface area contributed by atoms with E-state index in [1.54, 1.807) is 17.7 Å². The molecule has 1 unspecified atom stereocenters. The number of para-hydroxylation sites is 1. The maximum Gasteiger partial charge on any atom is 0.134 e. The van der Waals surface area contributed by atoms with Crippen molar-refractivity contribution in [1.82, 2.24) is 15.0 Å². The maximum atomic E-state index is 6.29.